The van der Waals surface area contributed by atoms with Crippen LogP contribution in [0.25, 0.3) is 10.9 Å². The van der Waals surface area contributed by atoms with E-state index in [2.05, 4.69) is 20.1 Å². The number of carbonyl (C=O) groups is 1. The van der Waals surface area contributed by atoms with Crippen molar-refractivity contribution in [1.82, 2.24) is 14.8 Å². The van der Waals surface area contributed by atoms with Crippen molar-refractivity contribution in [1.29, 1.82) is 0 Å². The highest BCUT2D eigenvalue weighted by Crippen LogP contribution is 2.20. The molecule has 2 aromatic carbocycles. The Morgan fingerprint density at radius 3 is 2.58 bits per heavy atom. The minimum Gasteiger partial charge on any atom is -0.320 e. The van der Waals surface area contributed by atoms with Gasteiger partial charge in [0, 0.05) is 24.3 Å². The Labute approximate surface area is 179 Å². The summed E-state index contributed by atoms with van der Waals surface area (Å²) in [4.78, 5) is 29.0. The largest absolute Gasteiger partial charge is 0.320 e. The van der Waals surface area contributed by atoms with Crippen LogP contribution >= 0.6 is 11.3 Å². The fourth-order valence-electron chi connectivity index (χ4n) is 2.85. The molecule has 2 aromatic heterocycles. The molecule has 31 heavy (non-hydrogen) atoms. The summed E-state index contributed by atoms with van der Waals surface area (Å²) < 4.78 is 42.0. The Balaban J connectivity index is 1.58. The lowest BCUT2D eigenvalue weighted by atomic mass is 10.2. The molecule has 0 bridgehead atoms. The third kappa shape index (κ3) is 4.15. The summed E-state index contributed by atoms with van der Waals surface area (Å²) >= 11 is 1.14. The summed E-state index contributed by atoms with van der Waals surface area (Å²) in [5.41, 5.74) is -0.494. The van der Waals surface area contributed by atoms with Crippen molar-refractivity contribution in [3.05, 3.63) is 75.8 Å². The Morgan fingerprint density at radius 1 is 1.16 bits per heavy atom. The zero-order valence-electron chi connectivity index (χ0n) is 15.9. The van der Waals surface area contributed by atoms with Crippen molar-refractivity contribution < 1.29 is 17.6 Å². The number of hydrogen-bond donors (Lipinski definition) is 2. The van der Waals surface area contributed by atoms with E-state index in [4.69, 9.17) is 0 Å². The molecule has 12 heteroatoms. The van der Waals surface area contributed by atoms with Crippen LogP contribution in [-0.2, 0) is 17.1 Å². The molecule has 0 spiro atoms. The van der Waals surface area contributed by atoms with Gasteiger partial charge in [0.15, 0.2) is 10.8 Å². The SMILES string of the molecule is Cn1nc(C(=O)Nc2ccc(S(=O)(=O)Nc3nccs3)cc2)c(=O)c2cc(F)ccc21. The van der Waals surface area contributed by atoms with Gasteiger partial charge in [0.2, 0.25) is 5.43 Å². The smallest absolute Gasteiger partial charge is 0.280 e. The molecule has 0 aliphatic heterocycles. The number of nitrogens with one attached hydrogen (secondary N) is 2. The highest BCUT2D eigenvalue weighted by molar-refractivity contribution is 7.93. The number of nitrogens with zero attached hydrogens (tertiary/aromatic N) is 3. The molecular formula is C19H14FN5O4S2. The Morgan fingerprint density at radius 2 is 1.90 bits per heavy atom. The van der Waals surface area contributed by atoms with Crippen LogP contribution < -0.4 is 15.5 Å². The van der Waals surface area contributed by atoms with Crippen LogP contribution in [0.5, 0.6) is 0 Å². The van der Waals surface area contributed by atoms with Crippen molar-refractivity contribution in [3.63, 3.8) is 0 Å². The maximum absolute atomic E-state index is 13.6. The zero-order valence-corrected chi connectivity index (χ0v) is 17.5. The standard InChI is InChI=1S/C19H14FN5O4S2/c1-25-15-7-2-11(20)10-14(15)17(26)16(23-25)18(27)22-12-3-5-13(6-4-12)31(28,29)24-19-21-8-9-30-19/h2-10H,1H3,(H,21,24)(H,22,27). The molecule has 158 valence electrons. The maximum atomic E-state index is 13.6. The summed E-state index contributed by atoms with van der Waals surface area (Å²) in [5, 5.41) is 8.37. The van der Waals surface area contributed by atoms with E-state index in [9.17, 15) is 22.4 Å². The first-order valence-electron chi connectivity index (χ1n) is 8.75. The Kier molecular flexibility index (Phi) is 5.25. The molecule has 1 amide bonds. The van der Waals surface area contributed by atoms with Gasteiger partial charge in [0.25, 0.3) is 15.9 Å². The van der Waals surface area contributed by atoms with E-state index < -0.39 is 32.9 Å². The van der Waals surface area contributed by atoms with Gasteiger partial charge in [0.1, 0.15) is 5.82 Å². The van der Waals surface area contributed by atoms with Gasteiger partial charge in [-0.1, -0.05) is 0 Å². The number of hydrogen-bond acceptors (Lipinski definition) is 7. The van der Waals surface area contributed by atoms with Gasteiger partial charge in [-0.3, -0.25) is 19.0 Å². The number of aromatic nitrogens is 3. The van der Waals surface area contributed by atoms with E-state index in [1.807, 2.05) is 0 Å². The summed E-state index contributed by atoms with van der Waals surface area (Å²) in [6, 6.07) is 8.99. The van der Waals surface area contributed by atoms with Crippen LogP contribution in [0.3, 0.4) is 0 Å². The fraction of sp³-hybridized carbons (Fsp3) is 0.0526. The van der Waals surface area contributed by atoms with E-state index >= 15 is 0 Å². The molecule has 0 aliphatic carbocycles. The summed E-state index contributed by atoms with van der Waals surface area (Å²) in [5.74, 6) is -1.41. The summed E-state index contributed by atoms with van der Waals surface area (Å²) in [6.07, 6.45) is 1.47. The predicted molar refractivity (Wildman–Crippen MR) is 114 cm³/mol. The van der Waals surface area contributed by atoms with Crippen LogP contribution in [-0.4, -0.2) is 29.1 Å². The second-order valence-corrected chi connectivity index (χ2v) is 8.96. The van der Waals surface area contributed by atoms with Gasteiger partial charge in [-0.25, -0.2) is 17.8 Å². The number of sulfonamides is 1. The molecule has 0 aliphatic rings. The molecule has 0 saturated carbocycles. The van der Waals surface area contributed by atoms with Crippen LogP contribution in [0.2, 0.25) is 0 Å². The maximum Gasteiger partial charge on any atom is 0.280 e. The first-order valence-corrected chi connectivity index (χ1v) is 11.1. The van der Waals surface area contributed by atoms with E-state index in [0.717, 1.165) is 17.4 Å². The Hall–Kier alpha value is -3.64. The van der Waals surface area contributed by atoms with Gasteiger partial charge >= 0.3 is 0 Å². The first-order chi connectivity index (χ1) is 14.7. The lowest BCUT2D eigenvalue weighted by molar-refractivity contribution is 0.101. The van der Waals surface area contributed by atoms with Crippen molar-refractivity contribution >= 4 is 49.0 Å². The van der Waals surface area contributed by atoms with Crippen LogP contribution in [0.1, 0.15) is 10.5 Å². The highest BCUT2D eigenvalue weighted by atomic mass is 32.2. The molecule has 0 saturated heterocycles. The predicted octanol–water partition coefficient (Wildman–Crippen LogP) is 2.58. The van der Waals surface area contributed by atoms with Gasteiger partial charge in [-0.05, 0) is 42.5 Å². The number of carbonyl (C=O) groups excluding carboxylic acids is 1. The number of fused-ring (bicyclic) bond motifs is 1. The van der Waals surface area contributed by atoms with Crippen molar-refractivity contribution in [2.75, 3.05) is 10.0 Å². The van der Waals surface area contributed by atoms with Gasteiger partial charge in [0.05, 0.1) is 15.8 Å². The molecule has 0 atom stereocenters. The number of anilines is 2. The van der Waals surface area contributed by atoms with Crippen molar-refractivity contribution in [2.24, 2.45) is 7.05 Å². The number of thiazole rings is 1. The molecule has 0 radical (unpaired) electrons. The molecule has 4 rings (SSSR count). The van der Waals surface area contributed by atoms with E-state index in [1.54, 1.807) is 5.38 Å². The Bertz CT molecular complexity index is 1450. The number of halogens is 1. The van der Waals surface area contributed by atoms with E-state index in [-0.39, 0.29) is 21.1 Å². The average Bonchev–Trinajstić information content (AvgIpc) is 3.23. The third-order valence-electron chi connectivity index (χ3n) is 4.31. The van der Waals surface area contributed by atoms with Crippen LogP contribution in [0.4, 0.5) is 15.2 Å². The molecule has 4 aromatic rings. The third-order valence-corrected chi connectivity index (χ3v) is 6.48. The van der Waals surface area contributed by atoms with E-state index in [1.165, 1.54) is 54.3 Å². The summed E-state index contributed by atoms with van der Waals surface area (Å²) in [7, 11) is -2.30. The summed E-state index contributed by atoms with van der Waals surface area (Å²) in [6.45, 7) is 0. The molecule has 2 N–H and O–H groups in total. The van der Waals surface area contributed by atoms with Crippen LogP contribution in [0.15, 0.2) is 63.7 Å². The van der Waals surface area contributed by atoms with Crippen LogP contribution in [0, 0.1) is 5.82 Å². The first kappa shape index (κ1) is 20.6. The van der Waals surface area contributed by atoms with Gasteiger partial charge < -0.3 is 5.32 Å². The van der Waals surface area contributed by atoms with Crippen molar-refractivity contribution in [3.8, 4) is 0 Å². The van der Waals surface area contributed by atoms with Gasteiger partial charge in [-0.2, -0.15) is 5.10 Å². The quantitative estimate of drug-likeness (QED) is 0.473. The average molecular weight is 459 g/mol. The second kappa shape index (κ2) is 7.89. The number of benzene rings is 2. The number of aryl methyl sites for hydroxylation is 1. The van der Waals surface area contributed by atoms with Crippen molar-refractivity contribution in [2.45, 2.75) is 4.90 Å². The molecular weight excluding hydrogens is 445 g/mol. The number of rotatable bonds is 5. The van der Waals surface area contributed by atoms with E-state index in [0.29, 0.717) is 5.52 Å². The highest BCUT2D eigenvalue weighted by Gasteiger charge is 2.19. The monoisotopic (exact) mass is 459 g/mol. The molecule has 9 nitrogen and oxygen atoms in total. The lowest BCUT2D eigenvalue weighted by Gasteiger charge is -2.09. The zero-order chi connectivity index (χ0) is 22.2. The topological polar surface area (TPSA) is 123 Å². The molecule has 0 unspecified atom stereocenters. The fourth-order valence-corrected chi connectivity index (χ4v) is 4.64. The normalized spacial score (nSPS) is 11.4. The molecule has 2 heterocycles. The molecule has 0 fully saturated rings. The number of amides is 1. The minimum atomic E-state index is -3.84. The lowest BCUT2D eigenvalue weighted by Crippen LogP contribution is -2.26. The van der Waals surface area contributed by atoms with Gasteiger partial charge in [-0.15, -0.1) is 11.3 Å². The minimum absolute atomic E-state index is 0.0253. The second-order valence-electron chi connectivity index (χ2n) is 6.38.